The van der Waals surface area contributed by atoms with Crippen LogP contribution < -0.4 is 11.1 Å². The van der Waals surface area contributed by atoms with Crippen LogP contribution in [0.15, 0.2) is 35.7 Å². The Morgan fingerprint density at radius 2 is 2.14 bits per heavy atom. The summed E-state index contributed by atoms with van der Waals surface area (Å²) in [5, 5.41) is 13.2. The molecule has 3 nitrogen and oxygen atoms in total. The molecule has 2 rings (SSSR count). The second kappa shape index (κ2) is 7.21. The number of nitrogens with two attached hydrogens (primary N) is 1. The lowest BCUT2D eigenvalue weighted by Gasteiger charge is -2.25. The first kappa shape index (κ1) is 15.5. The monoisotopic (exact) mass is 286 g/mol. The molecule has 0 radical (unpaired) electrons. The van der Waals surface area contributed by atoms with E-state index in [4.69, 9.17) is 5.73 Å². The molecule has 114 valence electrons. The lowest BCUT2D eigenvalue weighted by molar-refractivity contribution is 0.450. The van der Waals surface area contributed by atoms with E-state index >= 15 is 0 Å². The van der Waals surface area contributed by atoms with Gasteiger partial charge in [0.2, 0.25) is 0 Å². The predicted octanol–water partition coefficient (Wildman–Crippen LogP) is 4.61. The molecule has 1 unspecified atom stereocenters. The van der Waals surface area contributed by atoms with Gasteiger partial charge in [-0.1, -0.05) is 51.7 Å². The minimum atomic E-state index is 0.264. The van der Waals surface area contributed by atoms with Gasteiger partial charge in [0.1, 0.15) is 5.75 Å². The van der Waals surface area contributed by atoms with Gasteiger partial charge in [0.15, 0.2) is 0 Å². The van der Waals surface area contributed by atoms with Crippen molar-refractivity contribution in [3.8, 4) is 5.75 Å². The van der Waals surface area contributed by atoms with Crippen LogP contribution in [-0.4, -0.2) is 5.11 Å². The van der Waals surface area contributed by atoms with E-state index < -0.39 is 0 Å². The second-order valence-corrected chi connectivity index (χ2v) is 5.74. The van der Waals surface area contributed by atoms with Crippen molar-refractivity contribution < 1.29 is 5.11 Å². The quantitative estimate of drug-likeness (QED) is 0.669. The largest absolute Gasteiger partial charge is 0.506 e. The molecule has 0 saturated carbocycles. The third-order valence-corrected chi connectivity index (χ3v) is 4.23. The van der Waals surface area contributed by atoms with Gasteiger partial charge in [-0.2, -0.15) is 0 Å². The van der Waals surface area contributed by atoms with Gasteiger partial charge < -0.3 is 16.2 Å². The number of anilines is 1. The number of rotatable bonds is 6. The number of benzene rings is 1. The molecule has 1 aromatic carbocycles. The van der Waals surface area contributed by atoms with E-state index in [-0.39, 0.29) is 5.75 Å². The third kappa shape index (κ3) is 3.60. The summed E-state index contributed by atoms with van der Waals surface area (Å²) in [6, 6.07) is 5.58. The summed E-state index contributed by atoms with van der Waals surface area (Å²) in [5.74, 6) is 0.951. The van der Waals surface area contributed by atoms with Crippen LogP contribution in [0.25, 0.3) is 6.08 Å². The van der Waals surface area contributed by atoms with Crippen LogP contribution in [0.2, 0.25) is 0 Å². The molecular formula is C18H26N2O. The van der Waals surface area contributed by atoms with Gasteiger partial charge in [0, 0.05) is 11.8 Å². The molecule has 0 aromatic heterocycles. The fraction of sp³-hybridized carbons (Fsp3) is 0.444. The average Bonchev–Trinajstić information content (AvgIpc) is 2.51. The maximum atomic E-state index is 9.94. The molecule has 1 aliphatic heterocycles. The van der Waals surface area contributed by atoms with E-state index in [1.807, 2.05) is 12.1 Å². The molecule has 0 amide bonds. The van der Waals surface area contributed by atoms with E-state index in [2.05, 4.69) is 25.2 Å². The van der Waals surface area contributed by atoms with Gasteiger partial charge in [-0.15, -0.1) is 0 Å². The number of phenolic OH excluding ortho intramolecular Hbond substituents is 1. The highest BCUT2D eigenvalue weighted by atomic mass is 16.3. The summed E-state index contributed by atoms with van der Waals surface area (Å²) in [7, 11) is 0. The molecule has 3 heteroatoms. The minimum absolute atomic E-state index is 0.264. The molecular weight excluding hydrogens is 260 g/mol. The van der Waals surface area contributed by atoms with Crippen LogP contribution in [0, 0.1) is 5.92 Å². The van der Waals surface area contributed by atoms with Crippen molar-refractivity contribution in [2.24, 2.45) is 11.7 Å². The fourth-order valence-electron chi connectivity index (χ4n) is 2.87. The fourth-order valence-corrected chi connectivity index (χ4v) is 2.87. The maximum Gasteiger partial charge on any atom is 0.139 e. The van der Waals surface area contributed by atoms with E-state index in [9.17, 15) is 5.11 Å². The molecule has 1 aliphatic rings. The number of allylic oxidation sites excluding steroid dienone is 1. The summed E-state index contributed by atoms with van der Waals surface area (Å²) in [6.07, 6.45) is 9.74. The van der Waals surface area contributed by atoms with Crippen LogP contribution in [0.3, 0.4) is 0 Å². The molecule has 0 saturated heterocycles. The Bertz CT molecular complexity index is 546. The molecule has 1 heterocycles. The van der Waals surface area contributed by atoms with Crippen molar-refractivity contribution in [1.29, 1.82) is 0 Å². The Kier molecular flexibility index (Phi) is 5.32. The highest BCUT2D eigenvalue weighted by molar-refractivity contribution is 5.81. The van der Waals surface area contributed by atoms with Crippen LogP contribution in [-0.2, 0) is 0 Å². The number of fused-ring (bicyclic) bond motifs is 1. The Balaban J connectivity index is 2.24. The molecule has 1 atom stereocenters. The number of unbranched alkanes of at least 4 members (excludes halogenated alkanes) is 1. The van der Waals surface area contributed by atoms with E-state index in [1.165, 1.54) is 31.3 Å². The van der Waals surface area contributed by atoms with Crippen LogP contribution >= 0.6 is 0 Å². The number of phenols is 1. The van der Waals surface area contributed by atoms with Crippen molar-refractivity contribution in [3.63, 3.8) is 0 Å². The van der Waals surface area contributed by atoms with Crippen LogP contribution in [0.5, 0.6) is 5.75 Å². The van der Waals surface area contributed by atoms with Crippen molar-refractivity contribution in [1.82, 2.24) is 0 Å². The van der Waals surface area contributed by atoms with Gasteiger partial charge in [0.05, 0.1) is 11.4 Å². The van der Waals surface area contributed by atoms with Gasteiger partial charge in [-0.3, -0.25) is 0 Å². The Hall–Kier alpha value is -1.90. The summed E-state index contributed by atoms with van der Waals surface area (Å²) in [5.41, 5.74) is 9.70. The molecule has 0 aliphatic carbocycles. The minimum Gasteiger partial charge on any atom is -0.506 e. The van der Waals surface area contributed by atoms with Crippen LogP contribution in [0.4, 0.5) is 5.69 Å². The normalized spacial score (nSPS) is 17.0. The van der Waals surface area contributed by atoms with Crippen molar-refractivity contribution in [2.45, 2.75) is 46.0 Å². The highest BCUT2D eigenvalue weighted by Crippen LogP contribution is 2.38. The topological polar surface area (TPSA) is 58.3 Å². The SMILES string of the molecule is CCCCC(CC)CC1=Cc2cccc(O)c2NC1=CN. The molecule has 0 spiro atoms. The van der Waals surface area contributed by atoms with E-state index in [1.54, 1.807) is 12.3 Å². The Morgan fingerprint density at radius 3 is 2.81 bits per heavy atom. The molecule has 21 heavy (non-hydrogen) atoms. The average molecular weight is 286 g/mol. The summed E-state index contributed by atoms with van der Waals surface area (Å²) in [4.78, 5) is 0. The number of hydrogen-bond acceptors (Lipinski definition) is 3. The van der Waals surface area contributed by atoms with Gasteiger partial charge in [-0.25, -0.2) is 0 Å². The van der Waals surface area contributed by atoms with Gasteiger partial charge >= 0.3 is 0 Å². The summed E-state index contributed by atoms with van der Waals surface area (Å²) in [6.45, 7) is 4.49. The maximum absolute atomic E-state index is 9.94. The predicted molar refractivity (Wildman–Crippen MR) is 89.9 cm³/mol. The zero-order valence-corrected chi connectivity index (χ0v) is 13.0. The van der Waals surface area contributed by atoms with Crippen molar-refractivity contribution in [2.75, 3.05) is 5.32 Å². The third-order valence-electron chi connectivity index (χ3n) is 4.23. The number of nitrogens with one attached hydrogen (secondary N) is 1. The van der Waals surface area contributed by atoms with Gasteiger partial charge in [-0.05, 0) is 30.1 Å². The zero-order valence-electron chi connectivity index (χ0n) is 13.0. The Labute approximate surface area is 127 Å². The molecule has 1 aromatic rings. The molecule has 0 bridgehead atoms. The molecule has 4 N–H and O–H groups in total. The first-order valence-corrected chi connectivity index (χ1v) is 7.91. The summed E-state index contributed by atoms with van der Waals surface area (Å²) >= 11 is 0. The number of hydrogen-bond donors (Lipinski definition) is 3. The first-order valence-electron chi connectivity index (χ1n) is 7.91. The first-order chi connectivity index (χ1) is 10.2. The standard InChI is InChI=1S/C18H26N2O/c1-3-5-7-13(4-2)10-15-11-14-8-6-9-17(21)18(14)20-16(15)12-19/h6,8-9,11-13,20-21H,3-5,7,10,19H2,1-2H3. The number of para-hydroxylation sites is 1. The van der Waals surface area contributed by atoms with Gasteiger partial charge in [0.25, 0.3) is 0 Å². The lowest BCUT2D eigenvalue weighted by atomic mass is 9.88. The summed E-state index contributed by atoms with van der Waals surface area (Å²) < 4.78 is 0. The smallest absolute Gasteiger partial charge is 0.139 e. The van der Waals surface area contributed by atoms with Crippen molar-refractivity contribution >= 4 is 11.8 Å². The zero-order chi connectivity index (χ0) is 15.2. The Morgan fingerprint density at radius 1 is 1.33 bits per heavy atom. The second-order valence-electron chi connectivity index (χ2n) is 5.74. The van der Waals surface area contributed by atoms with Crippen molar-refractivity contribution in [3.05, 3.63) is 41.2 Å². The number of aromatic hydroxyl groups is 1. The van der Waals surface area contributed by atoms with Crippen LogP contribution in [0.1, 0.15) is 51.5 Å². The molecule has 0 fully saturated rings. The van der Waals surface area contributed by atoms with E-state index in [0.717, 1.165) is 23.4 Å². The highest BCUT2D eigenvalue weighted by Gasteiger charge is 2.19. The van der Waals surface area contributed by atoms with E-state index in [0.29, 0.717) is 5.92 Å². The lowest BCUT2D eigenvalue weighted by Crippen LogP contribution is -2.13.